The van der Waals surface area contributed by atoms with Gasteiger partial charge in [0.15, 0.2) is 11.5 Å². The van der Waals surface area contributed by atoms with Crippen LogP contribution in [0.3, 0.4) is 0 Å². The number of ether oxygens (including phenoxy) is 2. The van der Waals surface area contributed by atoms with E-state index >= 15 is 0 Å². The number of piperazine rings is 1. The zero-order valence-corrected chi connectivity index (χ0v) is 16.7. The molecule has 9 heteroatoms. The Kier molecular flexibility index (Phi) is 6.06. The van der Waals surface area contributed by atoms with E-state index in [1.807, 2.05) is 0 Å². The third-order valence-electron chi connectivity index (χ3n) is 5.01. The third-order valence-corrected chi connectivity index (χ3v) is 5.01. The molecule has 29 heavy (non-hydrogen) atoms. The standard InChI is InChI=1S/C20H24N4O5/c1-21-16-13-15(5-6-17(16)24(26)27)22-8-10-23(11-9-22)20(25)14-4-7-18(28-2)19(12-14)29-3/h4-7,12-13,21H,8-11H2,1-3H3. The van der Waals surface area contributed by atoms with Gasteiger partial charge in [0.05, 0.1) is 19.1 Å². The summed E-state index contributed by atoms with van der Waals surface area (Å²) < 4.78 is 10.5. The summed E-state index contributed by atoms with van der Waals surface area (Å²) in [7, 11) is 4.75. The lowest BCUT2D eigenvalue weighted by molar-refractivity contribution is -0.383. The minimum atomic E-state index is -0.407. The highest BCUT2D eigenvalue weighted by Gasteiger charge is 2.24. The molecule has 0 spiro atoms. The predicted molar refractivity (Wildman–Crippen MR) is 110 cm³/mol. The van der Waals surface area contributed by atoms with Gasteiger partial charge >= 0.3 is 0 Å². The van der Waals surface area contributed by atoms with Crippen molar-refractivity contribution in [2.24, 2.45) is 0 Å². The molecule has 154 valence electrons. The van der Waals surface area contributed by atoms with Gasteiger partial charge in [-0.3, -0.25) is 14.9 Å². The molecule has 9 nitrogen and oxygen atoms in total. The first-order chi connectivity index (χ1) is 14.0. The van der Waals surface area contributed by atoms with Crippen molar-refractivity contribution in [3.8, 4) is 11.5 Å². The fourth-order valence-electron chi connectivity index (χ4n) is 3.40. The summed E-state index contributed by atoms with van der Waals surface area (Å²) in [6.07, 6.45) is 0. The molecule has 0 saturated carbocycles. The van der Waals surface area contributed by atoms with Gasteiger partial charge in [-0.2, -0.15) is 0 Å². The maximum Gasteiger partial charge on any atom is 0.292 e. The Labute approximate surface area is 169 Å². The number of methoxy groups -OCH3 is 2. The molecule has 0 aromatic heterocycles. The van der Waals surface area contributed by atoms with E-state index in [1.165, 1.54) is 13.2 Å². The van der Waals surface area contributed by atoms with Gasteiger partial charge in [0.1, 0.15) is 5.69 Å². The van der Waals surface area contributed by atoms with Crippen molar-refractivity contribution in [2.75, 3.05) is 57.7 Å². The monoisotopic (exact) mass is 400 g/mol. The number of anilines is 2. The van der Waals surface area contributed by atoms with E-state index in [9.17, 15) is 14.9 Å². The minimum Gasteiger partial charge on any atom is -0.493 e. The van der Waals surface area contributed by atoms with Gasteiger partial charge in [0, 0.05) is 50.5 Å². The number of benzene rings is 2. The van der Waals surface area contributed by atoms with Crippen LogP contribution in [0.25, 0.3) is 0 Å². The number of carbonyl (C=O) groups excluding carboxylic acids is 1. The Morgan fingerprint density at radius 2 is 1.72 bits per heavy atom. The highest BCUT2D eigenvalue weighted by Crippen LogP contribution is 2.30. The molecule has 1 saturated heterocycles. The van der Waals surface area contributed by atoms with Gasteiger partial charge in [0.2, 0.25) is 0 Å². The Morgan fingerprint density at radius 1 is 1.03 bits per heavy atom. The zero-order valence-electron chi connectivity index (χ0n) is 16.7. The number of nitrogens with zero attached hydrogens (tertiary/aromatic N) is 3. The van der Waals surface area contributed by atoms with E-state index in [-0.39, 0.29) is 11.6 Å². The van der Waals surface area contributed by atoms with Crippen molar-refractivity contribution in [2.45, 2.75) is 0 Å². The molecule has 0 bridgehead atoms. The molecule has 2 aromatic rings. The molecule has 1 aliphatic rings. The lowest BCUT2D eigenvalue weighted by atomic mass is 10.1. The normalized spacial score (nSPS) is 13.8. The van der Waals surface area contributed by atoms with Crippen molar-refractivity contribution in [1.82, 2.24) is 4.90 Å². The summed E-state index contributed by atoms with van der Waals surface area (Å²) in [4.78, 5) is 27.5. The van der Waals surface area contributed by atoms with Gasteiger partial charge in [-0.15, -0.1) is 0 Å². The molecule has 1 N–H and O–H groups in total. The fraction of sp³-hybridized carbons (Fsp3) is 0.350. The summed E-state index contributed by atoms with van der Waals surface area (Å²) in [5, 5.41) is 14.0. The number of hydrogen-bond acceptors (Lipinski definition) is 7. The lowest BCUT2D eigenvalue weighted by Gasteiger charge is -2.36. The van der Waals surface area contributed by atoms with Crippen LogP contribution in [-0.2, 0) is 0 Å². The van der Waals surface area contributed by atoms with E-state index in [4.69, 9.17) is 9.47 Å². The Morgan fingerprint density at radius 3 is 2.31 bits per heavy atom. The third kappa shape index (κ3) is 4.18. The van der Waals surface area contributed by atoms with E-state index in [1.54, 1.807) is 49.4 Å². The summed E-state index contributed by atoms with van der Waals surface area (Å²) in [5.41, 5.74) is 1.94. The number of nitro groups is 1. The van der Waals surface area contributed by atoms with Gasteiger partial charge in [0.25, 0.3) is 11.6 Å². The van der Waals surface area contributed by atoms with Crippen LogP contribution < -0.4 is 19.7 Å². The lowest BCUT2D eigenvalue weighted by Crippen LogP contribution is -2.48. The molecule has 0 atom stereocenters. The van der Waals surface area contributed by atoms with E-state index in [2.05, 4.69) is 10.2 Å². The Bertz CT molecular complexity index is 910. The molecule has 3 rings (SSSR count). The highest BCUT2D eigenvalue weighted by molar-refractivity contribution is 5.95. The molecular formula is C20H24N4O5. The van der Waals surface area contributed by atoms with Crippen LogP contribution in [0, 0.1) is 10.1 Å². The second-order valence-corrected chi connectivity index (χ2v) is 6.56. The zero-order chi connectivity index (χ0) is 21.0. The summed E-state index contributed by atoms with van der Waals surface area (Å²) in [6, 6.07) is 10.1. The maximum absolute atomic E-state index is 12.9. The van der Waals surface area contributed by atoms with Crippen molar-refractivity contribution in [3.63, 3.8) is 0 Å². The van der Waals surface area contributed by atoms with Crippen molar-refractivity contribution >= 4 is 23.0 Å². The number of hydrogen-bond donors (Lipinski definition) is 1. The maximum atomic E-state index is 12.9. The minimum absolute atomic E-state index is 0.0403. The molecule has 0 aliphatic carbocycles. The quantitative estimate of drug-likeness (QED) is 0.588. The largest absolute Gasteiger partial charge is 0.493 e. The van der Waals surface area contributed by atoms with Crippen molar-refractivity contribution in [3.05, 3.63) is 52.1 Å². The number of nitrogens with one attached hydrogen (secondary N) is 1. The van der Waals surface area contributed by atoms with Crippen LogP contribution in [0.5, 0.6) is 11.5 Å². The molecule has 2 aromatic carbocycles. The van der Waals surface area contributed by atoms with Gasteiger partial charge in [-0.25, -0.2) is 0 Å². The average molecular weight is 400 g/mol. The SMILES string of the molecule is CNc1cc(N2CCN(C(=O)c3ccc(OC)c(OC)c3)CC2)ccc1[N+](=O)[O-]. The highest BCUT2D eigenvalue weighted by atomic mass is 16.6. The van der Waals surface area contributed by atoms with E-state index in [0.29, 0.717) is 48.9 Å². The molecule has 1 heterocycles. The molecule has 0 unspecified atom stereocenters. The van der Waals surface area contributed by atoms with Crippen LogP contribution in [0.4, 0.5) is 17.1 Å². The molecule has 1 amide bonds. The van der Waals surface area contributed by atoms with Gasteiger partial charge < -0.3 is 24.6 Å². The average Bonchev–Trinajstić information content (AvgIpc) is 2.77. The van der Waals surface area contributed by atoms with Gasteiger partial charge in [-0.1, -0.05) is 0 Å². The molecule has 1 aliphatic heterocycles. The summed E-state index contributed by atoms with van der Waals surface area (Å²) in [6.45, 7) is 2.39. The Balaban J connectivity index is 1.69. The number of rotatable bonds is 6. The smallest absolute Gasteiger partial charge is 0.292 e. The van der Waals surface area contributed by atoms with Crippen LogP contribution in [0.2, 0.25) is 0 Å². The second-order valence-electron chi connectivity index (χ2n) is 6.56. The molecule has 1 fully saturated rings. The van der Waals surface area contributed by atoms with Crippen molar-refractivity contribution < 1.29 is 19.2 Å². The van der Waals surface area contributed by atoms with E-state index in [0.717, 1.165) is 5.69 Å². The summed E-state index contributed by atoms with van der Waals surface area (Å²) in [5.74, 6) is 1.03. The number of nitro benzene ring substituents is 1. The first-order valence-corrected chi connectivity index (χ1v) is 9.21. The topological polar surface area (TPSA) is 97.2 Å². The second kappa shape index (κ2) is 8.68. The van der Waals surface area contributed by atoms with Crippen LogP contribution in [0.15, 0.2) is 36.4 Å². The first-order valence-electron chi connectivity index (χ1n) is 9.21. The number of carbonyl (C=O) groups is 1. The van der Waals surface area contributed by atoms with Crippen LogP contribution in [-0.4, -0.2) is 63.2 Å². The summed E-state index contributed by atoms with van der Waals surface area (Å²) >= 11 is 0. The van der Waals surface area contributed by atoms with Crippen molar-refractivity contribution in [1.29, 1.82) is 0 Å². The number of amides is 1. The first kappa shape index (κ1) is 20.2. The van der Waals surface area contributed by atoms with Crippen LogP contribution in [0.1, 0.15) is 10.4 Å². The molecular weight excluding hydrogens is 376 g/mol. The van der Waals surface area contributed by atoms with Crippen LogP contribution >= 0.6 is 0 Å². The Hall–Kier alpha value is -3.49. The van der Waals surface area contributed by atoms with Gasteiger partial charge in [-0.05, 0) is 30.3 Å². The molecule has 0 radical (unpaired) electrons. The van der Waals surface area contributed by atoms with E-state index < -0.39 is 4.92 Å². The fourth-order valence-corrected chi connectivity index (χ4v) is 3.40. The predicted octanol–water partition coefficient (Wildman–Crippen LogP) is 2.62.